The summed E-state index contributed by atoms with van der Waals surface area (Å²) in [4.78, 5) is 0. The molecule has 0 N–H and O–H groups in total. The molecule has 0 aromatic heterocycles. The molecule has 0 fully saturated rings. The number of aryl methyl sites for hydroxylation is 1. The van der Waals surface area contributed by atoms with Crippen LogP contribution in [0.4, 0.5) is 0 Å². The molecule has 0 nitrogen and oxygen atoms in total. The van der Waals surface area contributed by atoms with E-state index in [9.17, 15) is 0 Å². The predicted octanol–water partition coefficient (Wildman–Crippen LogP) is 7.47. The van der Waals surface area contributed by atoms with E-state index in [0.29, 0.717) is 0 Å². The average Bonchev–Trinajstić information content (AvgIpc) is 2.91. The molecule has 0 saturated carbocycles. The second-order valence-corrected chi connectivity index (χ2v) is 10.0. The second kappa shape index (κ2) is 6.41. The van der Waals surface area contributed by atoms with Gasteiger partial charge in [0.05, 0.1) is 0 Å². The largest absolute Gasteiger partial charge is 0.0683 e. The van der Waals surface area contributed by atoms with Crippen LogP contribution in [0.3, 0.4) is 0 Å². The van der Waals surface area contributed by atoms with Crippen molar-refractivity contribution in [2.75, 3.05) is 0 Å². The molecule has 0 aliphatic heterocycles. The van der Waals surface area contributed by atoms with E-state index in [2.05, 4.69) is 91.8 Å². The molecule has 138 valence electrons. The second-order valence-electron chi connectivity index (χ2n) is 10.0. The zero-order valence-corrected chi connectivity index (χ0v) is 17.9. The first kappa shape index (κ1) is 19.0. The predicted molar refractivity (Wildman–Crippen MR) is 116 cm³/mol. The summed E-state index contributed by atoms with van der Waals surface area (Å²) < 4.78 is 0. The van der Waals surface area contributed by atoms with Crippen molar-refractivity contribution in [3.05, 3.63) is 63.7 Å². The van der Waals surface area contributed by atoms with Gasteiger partial charge in [0.1, 0.15) is 0 Å². The molecule has 0 unspecified atom stereocenters. The lowest BCUT2D eigenvalue weighted by Crippen LogP contribution is -2.13. The van der Waals surface area contributed by atoms with Gasteiger partial charge in [0.15, 0.2) is 0 Å². The fourth-order valence-electron chi connectivity index (χ4n) is 3.78. The van der Waals surface area contributed by atoms with Crippen LogP contribution < -0.4 is 0 Å². The molecule has 0 saturated heterocycles. The number of rotatable bonds is 2. The van der Waals surface area contributed by atoms with E-state index < -0.39 is 0 Å². The Kier molecular flexibility index (Phi) is 4.67. The number of fused-ring (bicyclic) bond motifs is 1. The van der Waals surface area contributed by atoms with Gasteiger partial charge >= 0.3 is 0 Å². The van der Waals surface area contributed by atoms with Crippen molar-refractivity contribution in [3.63, 3.8) is 0 Å². The number of hydrogen-bond donors (Lipinski definition) is 0. The van der Waals surface area contributed by atoms with Gasteiger partial charge in [-0.2, -0.15) is 0 Å². The zero-order chi connectivity index (χ0) is 19.3. The van der Waals surface area contributed by atoms with Crippen molar-refractivity contribution in [2.45, 2.75) is 79.1 Å². The van der Waals surface area contributed by atoms with Crippen molar-refractivity contribution in [2.24, 2.45) is 0 Å². The SMILES string of the molecule is CCc1cc(-c2cc(C(C)(C)C)cc3c2C=C(C)C3)cc(C(C)(C)C)c1. The Labute approximate surface area is 160 Å². The van der Waals surface area contributed by atoms with Gasteiger partial charge in [-0.15, -0.1) is 0 Å². The summed E-state index contributed by atoms with van der Waals surface area (Å²) >= 11 is 0. The maximum absolute atomic E-state index is 2.44. The molecular weight excluding hydrogens is 312 g/mol. The van der Waals surface area contributed by atoms with Crippen LogP contribution >= 0.6 is 0 Å². The van der Waals surface area contributed by atoms with Gasteiger partial charge in [0, 0.05) is 0 Å². The van der Waals surface area contributed by atoms with Crippen molar-refractivity contribution in [1.82, 2.24) is 0 Å². The molecule has 3 rings (SSSR count). The molecule has 0 heterocycles. The monoisotopic (exact) mass is 346 g/mol. The maximum atomic E-state index is 2.44. The van der Waals surface area contributed by atoms with E-state index in [1.807, 2.05) is 0 Å². The molecule has 0 amide bonds. The van der Waals surface area contributed by atoms with Crippen LogP contribution in [0.25, 0.3) is 17.2 Å². The fourth-order valence-corrected chi connectivity index (χ4v) is 3.78. The molecule has 2 aromatic carbocycles. The highest BCUT2D eigenvalue weighted by Crippen LogP contribution is 2.39. The summed E-state index contributed by atoms with van der Waals surface area (Å²) in [6.45, 7) is 18.4. The first-order valence-corrected chi connectivity index (χ1v) is 9.98. The third-order valence-corrected chi connectivity index (χ3v) is 5.57. The zero-order valence-electron chi connectivity index (χ0n) is 17.9. The van der Waals surface area contributed by atoms with E-state index in [0.717, 1.165) is 12.8 Å². The fraction of sp³-hybridized carbons (Fsp3) is 0.462. The number of benzene rings is 2. The molecule has 0 heteroatoms. The molecule has 0 radical (unpaired) electrons. The summed E-state index contributed by atoms with van der Waals surface area (Å²) in [5, 5.41) is 0. The summed E-state index contributed by atoms with van der Waals surface area (Å²) in [7, 11) is 0. The van der Waals surface area contributed by atoms with E-state index in [4.69, 9.17) is 0 Å². The van der Waals surface area contributed by atoms with Gasteiger partial charge in [-0.25, -0.2) is 0 Å². The molecule has 0 spiro atoms. The number of hydrogen-bond acceptors (Lipinski definition) is 0. The van der Waals surface area contributed by atoms with Crippen molar-refractivity contribution in [1.29, 1.82) is 0 Å². The van der Waals surface area contributed by atoms with Crippen LogP contribution in [-0.2, 0) is 23.7 Å². The minimum absolute atomic E-state index is 0.162. The lowest BCUT2D eigenvalue weighted by molar-refractivity contribution is 0.588. The van der Waals surface area contributed by atoms with E-state index in [1.54, 1.807) is 0 Å². The summed E-state index contributed by atoms with van der Waals surface area (Å²) in [5.74, 6) is 0. The van der Waals surface area contributed by atoms with Crippen LogP contribution in [0, 0.1) is 0 Å². The van der Waals surface area contributed by atoms with Crippen LogP contribution in [0.15, 0.2) is 35.9 Å². The van der Waals surface area contributed by atoms with Gasteiger partial charge in [0.25, 0.3) is 0 Å². The van der Waals surface area contributed by atoms with Gasteiger partial charge in [0.2, 0.25) is 0 Å². The Bertz CT molecular complexity index is 864. The Morgan fingerprint density at radius 1 is 0.808 bits per heavy atom. The van der Waals surface area contributed by atoms with Crippen molar-refractivity contribution < 1.29 is 0 Å². The van der Waals surface area contributed by atoms with Gasteiger partial charge in [-0.05, 0) is 69.5 Å². The summed E-state index contributed by atoms with van der Waals surface area (Å²) in [5.41, 5.74) is 11.8. The van der Waals surface area contributed by atoms with Crippen LogP contribution in [0.1, 0.15) is 83.2 Å². The average molecular weight is 347 g/mol. The van der Waals surface area contributed by atoms with Crippen LogP contribution in [0.5, 0.6) is 0 Å². The first-order valence-electron chi connectivity index (χ1n) is 9.98. The van der Waals surface area contributed by atoms with Gasteiger partial charge < -0.3 is 0 Å². The molecule has 0 atom stereocenters. The summed E-state index contributed by atoms with van der Waals surface area (Å²) in [6.07, 6.45) is 4.56. The highest BCUT2D eigenvalue weighted by Gasteiger charge is 2.23. The minimum atomic E-state index is 0.162. The molecule has 26 heavy (non-hydrogen) atoms. The topological polar surface area (TPSA) is 0 Å². The third-order valence-electron chi connectivity index (χ3n) is 5.57. The van der Waals surface area contributed by atoms with Gasteiger partial charge in [-0.1, -0.05) is 90.4 Å². The lowest BCUT2D eigenvalue weighted by atomic mass is 9.80. The van der Waals surface area contributed by atoms with Crippen LogP contribution in [-0.4, -0.2) is 0 Å². The highest BCUT2D eigenvalue weighted by molar-refractivity contribution is 5.82. The normalized spacial score (nSPS) is 14.4. The van der Waals surface area contributed by atoms with E-state index in [1.165, 1.54) is 44.5 Å². The maximum Gasteiger partial charge on any atom is -0.00603 e. The van der Waals surface area contributed by atoms with Crippen LogP contribution in [0.2, 0.25) is 0 Å². The summed E-state index contributed by atoms with van der Waals surface area (Å²) in [6, 6.07) is 12.1. The molecule has 1 aliphatic rings. The molecule has 0 bridgehead atoms. The van der Waals surface area contributed by atoms with Gasteiger partial charge in [-0.3, -0.25) is 0 Å². The standard InChI is InChI=1S/C26H34/c1-9-18-12-20(15-21(13-18)25(3,4)5)24-16-22(26(6,7)8)14-19-10-17(2)11-23(19)24/h11-16H,9-10H2,1-8H3. The van der Waals surface area contributed by atoms with Crippen molar-refractivity contribution >= 4 is 6.08 Å². The Morgan fingerprint density at radius 3 is 2.00 bits per heavy atom. The third kappa shape index (κ3) is 3.65. The quantitative estimate of drug-likeness (QED) is 0.529. The minimum Gasteiger partial charge on any atom is -0.0683 e. The first-order chi connectivity index (χ1) is 12.0. The van der Waals surface area contributed by atoms with Crippen molar-refractivity contribution in [3.8, 4) is 11.1 Å². The Morgan fingerprint density at radius 2 is 1.42 bits per heavy atom. The molecular formula is C26H34. The lowest BCUT2D eigenvalue weighted by Gasteiger charge is -2.24. The highest BCUT2D eigenvalue weighted by atomic mass is 14.3. The molecule has 1 aliphatic carbocycles. The Hall–Kier alpha value is -1.82. The Balaban J connectivity index is 2.28. The van der Waals surface area contributed by atoms with E-state index in [-0.39, 0.29) is 10.8 Å². The molecule has 2 aromatic rings. The number of allylic oxidation sites excluding steroid dienone is 1. The van der Waals surface area contributed by atoms with E-state index >= 15 is 0 Å². The smallest absolute Gasteiger partial charge is 0.00603 e.